The van der Waals surface area contributed by atoms with Crippen molar-refractivity contribution < 1.29 is 19.1 Å². The van der Waals surface area contributed by atoms with Crippen LogP contribution in [-0.4, -0.2) is 53.3 Å². The van der Waals surface area contributed by atoms with Crippen LogP contribution < -0.4 is 5.32 Å². The third-order valence-corrected chi connectivity index (χ3v) is 6.82. The predicted molar refractivity (Wildman–Crippen MR) is 137 cm³/mol. The standard InChI is InChI=1S/C26H41N3O4S/c1-8-10-12-19(9-2)17-20(24-27-14-16-34-24)28-23(30)18(3)22(32-7)21-13-11-15-29(21)25(31)33-26(4,5)6/h9-10,12,14,16,18,20-22H,8,11,13,15,17H2,1-7H3,(H,28,30)/b12-10-,19-9+/t18-,20+,21+,22-/m1/s1. The van der Waals surface area contributed by atoms with Crippen molar-refractivity contribution in [2.45, 2.75) is 91.0 Å². The lowest BCUT2D eigenvalue weighted by molar-refractivity contribution is -0.131. The lowest BCUT2D eigenvalue weighted by Crippen LogP contribution is -2.51. The number of amides is 2. The number of hydrogen-bond acceptors (Lipinski definition) is 6. The quantitative estimate of drug-likeness (QED) is 0.428. The number of thiazole rings is 1. The van der Waals surface area contributed by atoms with Gasteiger partial charge in [0, 0.05) is 25.2 Å². The molecule has 1 saturated heterocycles. The molecule has 2 amide bonds. The van der Waals surface area contributed by atoms with Crippen LogP contribution >= 0.6 is 11.3 Å². The molecule has 0 bridgehead atoms. The van der Waals surface area contributed by atoms with Crippen molar-refractivity contribution >= 4 is 23.3 Å². The van der Waals surface area contributed by atoms with Crippen LogP contribution in [0, 0.1) is 5.92 Å². The van der Waals surface area contributed by atoms with Crippen molar-refractivity contribution in [3.8, 4) is 0 Å². The van der Waals surface area contributed by atoms with Gasteiger partial charge in [0.15, 0.2) is 0 Å². The topological polar surface area (TPSA) is 80.8 Å². The summed E-state index contributed by atoms with van der Waals surface area (Å²) in [6.45, 7) is 12.1. The van der Waals surface area contributed by atoms with Gasteiger partial charge < -0.3 is 19.7 Å². The number of methoxy groups -OCH3 is 1. The van der Waals surface area contributed by atoms with Crippen LogP contribution in [0.15, 0.2) is 35.4 Å². The Hall–Kier alpha value is -2.19. The van der Waals surface area contributed by atoms with Crippen LogP contribution in [0.5, 0.6) is 0 Å². The van der Waals surface area contributed by atoms with Crippen LogP contribution in [0.4, 0.5) is 4.79 Å². The Bertz CT molecular complexity index is 845. The fourth-order valence-electron chi connectivity index (χ4n) is 4.22. The van der Waals surface area contributed by atoms with Crippen LogP contribution in [0.2, 0.25) is 0 Å². The summed E-state index contributed by atoms with van der Waals surface area (Å²) >= 11 is 1.53. The number of nitrogens with one attached hydrogen (secondary N) is 1. The van der Waals surface area contributed by atoms with Gasteiger partial charge in [-0.25, -0.2) is 9.78 Å². The van der Waals surface area contributed by atoms with Crippen LogP contribution in [0.1, 0.15) is 78.3 Å². The molecule has 34 heavy (non-hydrogen) atoms. The van der Waals surface area contributed by atoms with E-state index in [2.05, 4.69) is 35.5 Å². The van der Waals surface area contributed by atoms with Crippen molar-refractivity contribution in [1.29, 1.82) is 0 Å². The van der Waals surface area contributed by atoms with Crippen LogP contribution in [-0.2, 0) is 14.3 Å². The summed E-state index contributed by atoms with van der Waals surface area (Å²) < 4.78 is 11.4. The minimum atomic E-state index is -0.576. The van der Waals surface area contributed by atoms with Gasteiger partial charge in [-0.15, -0.1) is 11.3 Å². The predicted octanol–water partition coefficient (Wildman–Crippen LogP) is 5.65. The third-order valence-electron chi connectivity index (χ3n) is 5.93. The van der Waals surface area contributed by atoms with Crippen molar-refractivity contribution in [3.05, 3.63) is 40.4 Å². The Morgan fingerprint density at radius 2 is 2.12 bits per heavy atom. The number of aromatic nitrogens is 1. The van der Waals surface area contributed by atoms with Gasteiger partial charge in [0.05, 0.1) is 24.1 Å². The number of hydrogen-bond donors (Lipinski definition) is 1. The highest BCUT2D eigenvalue weighted by Crippen LogP contribution is 2.29. The SMILES string of the molecule is C/C=C(\C=C/CC)C[C@H](NC(=O)[C@H](C)[C@@H](OC)[C@@H]1CCCN1C(=O)OC(C)(C)C)c1nccs1. The van der Waals surface area contributed by atoms with E-state index in [9.17, 15) is 9.59 Å². The highest BCUT2D eigenvalue weighted by atomic mass is 32.1. The van der Waals surface area contributed by atoms with E-state index >= 15 is 0 Å². The third kappa shape index (κ3) is 7.94. The molecule has 190 valence electrons. The van der Waals surface area contributed by atoms with E-state index < -0.39 is 17.6 Å². The van der Waals surface area contributed by atoms with Crippen molar-refractivity contribution in [2.75, 3.05) is 13.7 Å². The molecule has 2 heterocycles. The zero-order valence-electron chi connectivity index (χ0n) is 21.7. The minimum Gasteiger partial charge on any atom is -0.444 e. The van der Waals surface area contributed by atoms with Crippen LogP contribution in [0.3, 0.4) is 0 Å². The molecule has 1 aromatic heterocycles. The normalized spacial score (nSPS) is 19.8. The molecule has 8 heteroatoms. The number of rotatable bonds is 10. The summed E-state index contributed by atoms with van der Waals surface area (Å²) in [5.41, 5.74) is 0.568. The molecule has 2 rings (SSSR count). The van der Waals surface area contributed by atoms with E-state index in [0.717, 1.165) is 29.8 Å². The minimum absolute atomic E-state index is 0.113. The van der Waals surface area contributed by atoms with Gasteiger partial charge >= 0.3 is 6.09 Å². The van der Waals surface area contributed by atoms with Gasteiger partial charge in [0.1, 0.15) is 10.6 Å². The zero-order chi connectivity index (χ0) is 25.3. The molecule has 7 nitrogen and oxygen atoms in total. The van der Waals surface area contributed by atoms with Crippen LogP contribution in [0.25, 0.3) is 0 Å². The number of allylic oxidation sites excluding steroid dienone is 3. The smallest absolute Gasteiger partial charge is 0.410 e. The average molecular weight is 492 g/mol. The zero-order valence-corrected chi connectivity index (χ0v) is 22.5. The summed E-state index contributed by atoms with van der Waals surface area (Å²) in [5.74, 6) is -0.571. The number of ether oxygens (including phenoxy) is 2. The van der Waals surface area contributed by atoms with Gasteiger partial charge in [-0.1, -0.05) is 37.6 Å². The maximum absolute atomic E-state index is 13.4. The van der Waals surface area contributed by atoms with E-state index in [1.54, 1.807) is 18.2 Å². The fourth-order valence-corrected chi connectivity index (χ4v) is 4.91. The maximum Gasteiger partial charge on any atom is 0.410 e. The second-order valence-electron chi connectivity index (χ2n) is 9.68. The Balaban J connectivity index is 2.16. The van der Waals surface area contributed by atoms with Crippen molar-refractivity contribution in [3.63, 3.8) is 0 Å². The van der Waals surface area contributed by atoms with E-state index in [1.807, 2.05) is 40.0 Å². The largest absolute Gasteiger partial charge is 0.444 e. The molecule has 1 aromatic rings. The van der Waals surface area contributed by atoms with Gasteiger partial charge in [-0.05, 0) is 53.4 Å². The number of carbonyl (C=O) groups is 2. The van der Waals surface area contributed by atoms with Gasteiger partial charge in [-0.3, -0.25) is 4.79 Å². The molecule has 0 aromatic carbocycles. The van der Waals surface area contributed by atoms with E-state index in [1.165, 1.54) is 11.3 Å². The summed E-state index contributed by atoms with van der Waals surface area (Å²) in [4.78, 5) is 32.4. The average Bonchev–Trinajstić information content (AvgIpc) is 3.47. The highest BCUT2D eigenvalue weighted by molar-refractivity contribution is 7.09. The lowest BCUT2D eigenvalue weighted by atomic mass is 9.94. The van der Waals surface area contributed by atoms with Gasteiger partial charge in [0.2, 0.25) is 5.91 Å². The monoisotopic (exact) mass is 491 g/mol. The summed E-state index contributed by atoms with van der Waals surface area (Å²) in [6.07, 6.45) is 10.5. The Labute approximate surface area is 208 Å². The second-order valence-corrected chi connectivity index (χ2v) is 10.6. The Kier molecular flexibility index (Phi) is 10.8. The fraction of sp³-hybridized carbons (Fsp3) is 0.654. The van der Waals surface area contributed by atoms with E-state index in [-0.39, 0.29) is 24.1 Å². The Morgan fingerprint density at radius 3 is 2.68 bits per heavy atom. The molecule has 0 saturated carbocycles. The first-order valence-corrected chi connectivity index (χ1v) is 13.0. The number of carbonyl (C=O) groups excluding carboxylic acids is 2. The molecule has 4 atom stereocenters. The van der Waals surface area contributed by atoms with Crippen molar-refractivity contribution in [1.82, 2.24) is 15.2 Å². The number of nitrogens with zero attached hydrogens (tertiary/aromatic N) is 2. The first-order chi connectivity index (χ1) is 16.1. The molecule has 1 aliphatic rings. The van der Waals surface area contributed by atoms with E-state index in [4.69, 9.17) is 9.47 Å². The molecule has 1 fully saturated rings. The first-order valence-electron chi connectivity index (χ1n) is 12.1. The van der Waals surface area contributed by atoms with Gasteiger partial charge in [-0.2, -0.15) is 0 Å². The van der Waals surface area contributed by atoms with Crippen molar-refractivity contribution in [2.24, 2.45) is 5.92 Å². The molecular formula is C26H41N3O4S. The maximum atomic E-state index is 13.4. The van der Waals surface area contributed by atoms with E-state index in [0.29, 0.717) is 13.0 Å². The Morgan fingerprint density at radius 1 is 1.38 bits per heavy atom. The summed E-state index contributed by atoms with van der Waals surface area (Å²) in [7, 11) is 1.60. The molecular weight excluding hydrogens is 450 g/mol. The molecule has 0 unspecified atom stereocenters. The molecule has 1 N–H and O–H groups in total. The lowest BCUT2D eigenvalue weighted by Gasteiger charge is -2.35. The molecule has 1 aliphatic heterocycles. The van der Waals surface area contributed by atoms with Gasteiger partial charge in [0.25, 0.3) is 0 Å². The number of likely N-dealkylation sites (tertiary alicyclic amines) is 1. The summed E-state index contributed by atoms with van der Waals surface area (Å²) in [6, 6.07) is -0.441. The first kappa shape index (κ1) is 28.1. The summed E-state index contributed by atoms with van der Waals surface area (Å²) in [5, 5.41) is 5.99. The molecule has 0 radical (unpaired) electrons. The second kappa shape index (κ2) is 13.0. The highest BCUT2D eigenvalue weighted by Gasteiger charge is 2.41. The molecule has 0 spiro atoms. The molecule has 0 aliphatic carbocycles.